The Kier molecular flexibility index (Phi) is 4.88. The van der Waals surface area contributed by atoms with Crippen LogP contribution in [0.3, 0.4) is 0 Å². The first kappa shape index (κ1) is 14.8. The lowest BCUT2D eigenvalue weighted by Gasteiger charge is -2.35. The van der Waals surface area contributed by atoms with Gasteiger partial charge in [0, 0.05) is 25.4 Å². The largest absolute Gasteiger partial charge is 0.345 e. The Morgan fingerprint density at radius 1 is 1.41 bits per heavy atom. The summed E-state index contributed by atoms with van der Waals surface area (Å²) in [5.74, 6) is 1.31. The van der Waals surface area contributed by atoms with Gasteiger partial charge in [0.15, 0.2) is 0 Å². The maximum Gasteiger partial charge on any atom is 0.222 e. The fourth-order valence-corrected chi connectivity index (χ4v) is 2.52. The molecule has 100 valence electrons. The third kappa shape index (κ3) is 4.50. The summed E-state index contributed by atoms with van der Waals surface area (Å²) in [6.07, 6.45) is 2.78. The van der Waals surface area contributed by atoms with Crippen molar-refractivity contribution in [1.29, 1.82) is 0 Å². The summed E-state index contributed by atoms with van der Waals surface area (Å²) in [7, 11) is 1.92. The van der Waals surface area contributed by atoms with Crippen molar-refractivity contribution in [1.82, 2.24) is 4.90 Å². The highest BCUT2D eigenvalue weighted by molar-refractivity contribution is 6.21. The Labute approximate surface area is 111 Å². The number of amides is 1. The van der Waals surface area contributed by atoms with Crippen molar-refractivity contribution in [2.24, 2.45) is 17.3 Å². The second-order valence-corrected chi connectivity index (χ2v) is 7.30. The van der Waals surface area contributed by atoms with E-state index in [1.807, 2.05) is 11.9 Å². The molecule has 1 fully saturated rings. The van der Waals surface area contributed by atoms with Crippen LogP contribution in [0, 0.1) is 17.3 Å². The molecule has 0 spiro atoms. The number of hydrogen-bond donors (Lipinski definition) is 0. The molecule has 0 N–H and O–H groups in total. The zero-order valence-electron chi connectivity index (χ0n) is 11.8. The first-order valence-corrected chi connectivity index (χ1v) is 7.01. The Bertz CT molecular complexity index is 266. The van der Waals surface area contributed by atoms with Crippen molar-refractivity contribution in [3.63, 3.8) is 0 Å². The van der Waals surface area contributed by atoms with Gasteiger partial charge in [-0.05, 0) is 30.1 Å². The molecular formula is C14H26ClNO. The maximum absolute atomic E-state index is 12.1. The summed E-state index contributed by atoms with van der Waals surface area (Å²) in [5.41, 5.74) is 0.203. The van der Waals surface area contributed by atoms with Crippen LogP contribution >= 0.6 is 11.6 Å². The molecular weight excluding hydrogens is 234 g/mol. The number of carbonyl (C=O) groups is 1. The Morgan fingerprint density at radius 3 is 2.35 bits per heavy atom. The van der Waals surface area contributed by atoms with Gasteiger partial charge in [0.05, 0.1) is 0 Å². The van der Waals surface area contributed by atoms with Crippen molar-refractivity contribution >= 4 is 17.5 Å². The van der Waals surface area contributed by atoms with E-state index in [2.05, 4.69) is 27.7 Å². The average Bonchev–Trinajstić information content (AvgIpc) is 2.13. The summed E-state index contributed by atoms with van der Waals surface area (Å²) < 4.78 is 0. The highest BCUT2D eigenvalue weighted by Crippen LogP contribution is 2.33. The predicted molar refractivity (Wildman–Crippen MR) is 73.2 cm³/mol. The molecule has 0 bridgehead atoms. The first-order valence-electron chi connectivity index (χ1n) is 6.58. The van der Waals surface area contributed by atoms with Crippen LogP contribution in [0.2, 0.25) is 0 Å². The van der Waals surface area contributed by atoms with Gasteiger partial charge in [-0.25, -0.2) is 0 Å². The summed E-state index contributed by atoms with van der Waals surface area (Å²) in [6, 6.07) is 0. The van der Waals surface area contributed by atoms with Gasteiger partial charge in [0.2, 0.25) is 5.91 Å². The van der Waals surface area contributed by atoms with E-state index >= 15 is 0 Å². The highest BCUT2D eigenvalue weighted by Gasteiger charge is 2.30. The highest BCUT2D eigenvalue weighted by atomic mass is 35.5. The molecule has 0 aromatic heterocycles. The Morgan fingerprint density at radius 2 is 1.94 bits per heavy atom. The molecule has 17 heavy (non-hydrogen) atoms. The van der Waals surface area contributed by atoms with E-state index in [1.165, 1.54) is 0 Å². The van der Waals surface area contributed by atoms with E-state index in [9.17, 15) is 4.79 Å². The fourth-order valence-electron chi connectivity index (χ4n) is 2.02. The van der Waals surface area contributed by atoms with Crippen molar-refractivity contribution < 1.29 is 4.79 Å². The zero-order valence-corrected chi connectivity index (χ0v) is 12.5. The van der Waals surface area contributed by atoms with Crippen LogP contribution in [-0.2, 0) is 4.79 Å². The van der Waals surface area contributed by atoms with Crippen molar-refractivity contribution in [3.8, 4) is 0 Å². The van der Waals surface area contributed by atoms with Gasteiger partial charge in [-0.2, -0.15) is 0 Å². The van der Waals surface area contributed by atoms with Gasteiger partial charge in [-0.15, -0.1) is 11.6 Å². The summed E-state index contributed by atoms with van der Waals surface area (Å²) in [6.45, 7) is 9.60. The molecule has 3 heteroatoms. The maximum atomic E-state index is 12.1. The van der Waals surface area contributed by atoms with Crippen LogP contribution in [0.4, 0.5) is 0 Å². The van der Waals surface area contributed by atoms with Crippen molar-refractivity contribution in [2.75, 3.05) is 13.6 Å². The van der Waals surface area contributed by atoms with Crippen molar-refractivity contribution in [3.05, 3.63) is 0 Å². The van der Waals surface area contributed by atoms with Gasteiger partial charge in [0.1, 0.15) is 0 Å². The molecule has 0 radical (unpaired) electrons. The lowest BCUT2D eigenvalue weighted by molar-refractivity contribution is -0.132. The Balaban J connectivity index is 2.32. The van der Waals surface area contributed by atoms with Crippen molar-refractivity contribution in [2.45, 2.75) is 52.3 Å². The van der Waals surface area contributed by atoms with E-state index in [-0.39, 0.29) is 11.3 Å². The topological polar surface area (TPSA) is 20.3 Å². The quantitative estimate of drug-likeness (QED) is 0.708. The number of nitrogens with zero attached hydrogens (tertiary/aromatic N) is 1. The molecule has 0 aliphatic heterocycles. The number of hydrogen-bond acceptors (Lipinski definition) is 1. The second kappa shape index (κ2) is 5.60. The van der Waals surface area contributed by atoms with Crippen LogP contribution < -0.4 is 0 Å². The molecule has 1 aliphatic carbocycles. The van der Waals surface area contributed by atoms with Crippen LogP contribution in [0.15, 0.2) is 0 Å². The molecule has 0 aromatic rings. The van der Waals surface area contributed by atoms with E-state index in [0.29, 0.717) is 23.6 Å². The standard InChI is InChI=1S/C14H26ClNO/c1-10(14(2,3)4)6-13(17)16(5)9-11-7-12(15)8-11/h10-12H,6-9H2,1-5H3. The molecule has 1 aliphatic rings. The van der Waals surface area contributed by atoms with Gasteiger partial charge in [-0.1, -0.05) is 27.7 Å². The molecule has 1 unspecified atom stereocenters. The van der Waals surface area contributed by atoms with E-state index in [0.717, 1.165) is 19.4 Å². The van der Waals surface area contributed by atoms with E-state index in [1.54, 1.807) is 0 Å². The van der Waals surface area contributed by atoms with Gasteiger partial charge < -0.3 is 4.90 Å². The summed E-state index contributed by atoms with van der Waals surface area (Å²) in [5, 5.41) is 0.344. The number of carbonyl (C=O) groups excluding carboxylic acids is 1. The summed E-state index contributed by atoms with van der Waals surface area (Å²) >= 11 is 5.95. The third-order valence-electron chi connectivity index (χ3n) is 4.10. The van der Waals surface area contributed by atoms with Crippen LogP contribution in [0.25, 0.3) is 0 Å². The minimum absolute atomic E-state index is 0.203. The first-order chi connectivity index (χ1) is 7.70. The number of alkyl halides is 1. The second-order valence-electron chi connectivity index (χ2n) is 6.68. The molecule has 1 saturated carbocycles. The van der Waals surface area contributed by atoms with E-state index in [4.69, 9.17) is 11.6 Å². The molecule has 0 saturated heterocycles. The smallest absolute Gasteiger partial charge is 0.222 e. The third-order valence-corrected chi connectivity index (χ3v) is 4.45. The predicted octanol–water partition coefficient (Wildman–Crippen LogP) is 3.53. The number of rotatable bonds is 4. The van der Waals surface area contributed by atoms with Crippen LogP contribution in [0.5, 0.6) is 0 Å². The lowest BCUT2D eigenvalue weighted by atomic mass is 9.79. The Hall–Kier alpha value is -0.240. The van der Waals surface area contributed by atoms with Gasteiger partial charge in [0.25, 0.3) is 0 Å². The van der Waals surface area contributed by atoms with Crippen LogP contribution in [-0.4, -0.2) is 29.8 Å². The minimum Gasteiger partial charge on any atom is -0.345 e. The molecule has 1 atom stereocenters. The van der Waals surface area contributed by atoms with Crippen LogP contribution in [0.1, 0.15) is 47.0 Å². The molecule has 0 heterocycles. The molecule has 1 amide bonds. The molecule has 2 nitrogen and oxygen atoms in total. The average molecular weight is 260 g/mol. The monoisotopic (exact) mass is 259 g/mol. The van der Waals surface area contributed by atoms with Gasteiger partial charge in [-0.3, -0.25) is 4.79 Å². The lowest BCUT2D eigenvalue weighted by Crippen LogP contribution is -2.39. The zero-order chi connectivity index (χ0) is 13.2. The van der Waals surface area contributed by atoms with Gasteiger partial charge >= 0.3 is 0 Å². The molecule has 0 aromatic carbocycles. The molecule has 1 rings (SSSR count). The number of halogens is 1. The normalized spacial score (nSPS) is 26.2. The fraction of sp³-hybridized carbons (Fsp3) is 0.929. The SMILES string of the molecule is CC(CC(=O)N(C)CC1CC(Cl)C1)C(C)(C)C. The summed E-state index contributed by atoms with van der Waals surface area (Å²) in [4.78, 5) is 13.9. The minimum atomic E-state index is 0.203. The van der Waals surface area contributed by atoms with E-state index < -0.39 is 0 Å².